The molecule has 0 aliphatic heterocycles. The van der Waals surface area contributed by atoms with Gasteiger partial charge in [0.25, 0.3) is 0 Å². The maximum absolute atomic E-state index is 11.5. The van der Waals surface area contributed by atoms with Gasteiger partial charge in [-0.15, -0.1) is 0 Å². The Morgan fingerprint density at radius 2 is 1.67 bits per heavy atom. The summed E-state index contributed by atoms with van der Waals surface area (Å²) in [5.41, 5.74) is 3.86. The van der Waals surface area contributed by atoms with Crippen molar-refractivity contribution in [2.75, 3.05) is 5.32 Å². The van der Waals surface area contributed by atoms with Crippen LogP contribution in [0.3, 0.4) is 0 Å². The first kappa shape index (κ1) is 14.3. The third kappa shape index (κ3) is 4.46. The Hall–Kier alpha value is -3.15. The zero-order valence-corrected chi connectivity index (χ0v) is 11.0. The lowest BCUT2D eigenvalue weighted by atomic mass is 10.1. The van der Waals surface area contributed by atoms with E-state index in [4.69, 9.17) is 5.11 Å². The van der Waals surface area contributed by atoms with Crippen LogP contribution in [0.15, 0.2) is 59.7 Å². The maximum Gasteiger partial charge on any atom is 0.339 e. The standard InChI is InChI=1S/C15H13N3O3/c19-14(20)12-8-6-11(7-9-12)10-16-18-15(21)17-13-4-2-1-3-5-13/h1-10H,(H,19,20)(H2,17,18,21)/b16-10+. The highest BCUT2D eigenvalue weighted by molar-refractivity contribution is 5.91. The van der Waals surface area contributed by atoms with Crippen LogP contribution in [-0.4, -0.2) is 23.3 Å². The number of carbonyl (C=O) groups is 2. The van der Waals surface area contributed by atoms with Gasteiger partial charge in [0, 0.05) is 5.69 Å². The summed E-state index contributed by atoms with van der Waals surface area (Å²) in [7, 11) is 0. The van der Waals surface area contributed by atoms with E-state index in [1.807, 2.05) is 18.2 Å². The van der Waals surface area contributed by atoms with Crippen LogP contribution in [0.25, 0.3) is 0 Å². The average Bonchev–Trinajstić information content (AvgIpc) is 2.49. The summed E-state index contributed by atoms with van der Waals surface area (Å²) in [6, 6.07) is 14.7. The van der Waals surface area contributed by atoms with Crippen molar-refractivity contribution in [3.8, 4) is 0 Å². The van der Waals surface area contributed by atoms with E-state index in [1.54, 1.807) is 24.3 Å². The molecule has 0 heterocycles. The number of carboxylic acid groups (broad SMARTS) is 1. The zero-order chi connectivity index (χ0) is 15.1. The van der Waals surface area contributed by atoms with Crippen LogP contribution in [0.2, 0.25) is 0 Å². The Bertz CT molecular complexity index is 652. The molecule has 2 rings (SSSR count). The second-order valence-corrected chi connectivity index (χ2v) is 4.12. The quantitative estimate of drug-likeness (QED) is 0.595. The lowest BCUT2D eigenvalue weighted by Crippen LogP contribution is -2.24. The fourth-order valence-electron chi connectivity index (χ4n) is 1.56. The van der Waals surface area contributed by atoms with Gasteiger partial charge in [0.05, 0.1) is 11.8 Å². The lowest BCUT2D eigenvalue weighted by Gasteiger charge is -2.03. The predicted molar refractivity (Wildman–Crippen MR) is 79.6 cm³/mol. The molecule has 0 aliphatic carbocycles. The first-order chi connectivity index (χ1) is 10.1. The Kier molecular flexibility index (Phi) is 4.66. The molecule has 0 aromatic heterocycles. The minimum Gasteiger partial charge on any atom is -0.478 e. The van der Waals surface area contributed by atoms with Crippen LogP contribution in [0, 0.1) is 0 Å². The summed E-state index contributed by atoms with van der Waals surface area (Å²) in [5, 5.41) is 15.2. The summed E-state index contributed by atoms with van der Waals surface area (Å²) >= 11 is 0. The van der Waals surface area contributed by atoms with Crippen LogP contribution in [0.1, 0.15) is 15.9 Å². The molecule has 3 N–H and O–H groups in total. The van der Waals surface area contributed by atoms with Crippen molar-refractivity contribution in [2.45, 2.75) is 0 Å². The predicted octanol–water partition coefficient (Wildman–Crippen LogP) is 2.54. The normalized spacial score (nSPS) is 10.3. The second-order valence-electron chi connectivity index (χ2n) is 4.12. The number of hydrogen-bond donors (Lipinski definition) is 3. The van der Waals surface area contributed by atoms with Crippen molar-refractivity contribution in [3.63, 3.8) is 0 Å². The van der Waals surface area contributed by atoms with Crippen molar-refractivity contribution >= 4 is 23.9 Å². The largest absolute Gasteiger partial charge is 0.478 e. The molecule has 0 atom stereocenters. The van der Waals surface area contributed by atoms with Crippen LogP contribution in [0.5, 0.6) is 0 Å². The zero-order valence-electron chi connectivity index (χ0n) is 11.0. The highest BCUT2D eigenvalue weighted by Crippen LogP contribution is 2.04. The fraction of sp³-hybridized carbons (Fsp3) is 0. The van der Waals surface area contributed by atoms with Gasteiger partial charge < -0.3 is 10.4 Å². The van der Waals surface area contributed by atoms with Crippen LogP contribution < -0.4 is 10.7 Å². The molecular weight excluding hydrogens is 270 g/mol. The molecule has 0 radical (unpaired) electrons. The Morgan fingerprint density at radius 1 is 1.00 bits per heavy atom. The number of urea groups is 1. The number of carboxylic acids is 1. The highest BCUT2D eigenvalue weighted by atomic mass is 16.4. The number of nitrogens with zero attached hydrogens (tertiary/aromatic N) is 1. The molecule has 0 spiro atoms. The van der Waals surface area contributed by atoms with E-state index in [1.165, 1.54) is 18.3 Å². The molecular formula is C15H13N3O3. The molecule has 0 saturated heterocycles. The SMILES string of the molecule is O=C(N/N=C/c1ccc(C(=O)O)cc1)Nc1ccccc1. The van der Waals surface area contributed by atoms with E-state index >= 15 is 0 Å². The summed E-state index contributed by atoms with van der Waals surface area (Å²) in [4.78, 5) is 22.2. The number of aromatic carboxylic acids is 1. The van der Waals surface area contributed by atoms with Crippen molar-refractivity contribution < 1.29 is 14.7 Å². The third-order valence-electron chi connectivity index (χ3n) is 2.57. The number of carbonyl (C=O) groups excluding carboxylic acids is 1. The molecule has 0 aliphatic rings. The van der Waals surface area contributed by atoms with Gasteiger partial charge in [0.15, 0.2) is 0 Å². The van der Waals surface area contributed by atoms with E-state index in [9.17, 15) is 9.59 Å². The minimum atomic E-state index is -0.987. The molecule has 21 heavy (non-hydrogen) atoms. The summed E-state index contributed by atoms with van der Waals surface area (Å²) in [6.07, 6.45) is 1.43. The van der Waals surface area contributed by atoms with Gasteiger partial charge in [-0.2, -0.15) is 5.10 Å². The number of nitrogens with one attached hydrogen (secondary N) is 2. The molecule has 6 nitrogen and oxygen atoms in total. The molecule has 2 aromatic rings. The van der Waals surface area contributed by atoms with Crippen LogP contribution in [0.4, 0.5) is 10.5 Å². The van der Waals surface area contributed by atoms with E-state index in [2.05, 4.69) is 15.8 Å². The number of rotatable bonds is 4. The Balaban J connectivity index is 1.87. The van der Waals surface area contributed by atoms with Gasteiger partial charge in [-0.05, 0) is 29.8 Å². The third-order valence-corrected chi connectivity index (χ3v) is 2.57. The molecule has 0 saturated carbocycles. The van der Waals surface area contributed by atoms with Gasteiger partial charge >= 0.3 is 12.0 Å². The lowest BCUT2D eigenvalue weighted by molar-refractivity contribution is 0.0697. The highest BCUT2D eigenvalue weighted by Gasteiger charge is 2.01. The number of hydrogen-bond acceptors (Lipinski definition) is 3. The van der Waals surface area contributed by atoms with E-state index in [0.717, 1.165) is 0 Å². The molecule has 0 bridgehead atoms. The number of hydrazone groups is 1. The van der Waals surface area contributed by atoms with Crippen LogP contribution >= 0.6 is 0 Å². The second kappa shape index (κ2) is 6.85. The Labute approximate surface area is 121 Å². The molecule has 6 heteroatoms. The minimum absolute atomic E-state index is 0.196. The van der Waals surface area contributed by atoms with E-state index in [0.29, 0.717) is 11.3 Å². The number of benzene rings is 2. The smallest absolute Gasteiger partial charge is 0.339 e. The number of para-hydroxylation sites is 1. The van der Waals surface area contributed by atoms with Gasteiger partial charge in [-0.1, -0.05) is 30.3 Å². The van der Waals surface area contributed by atoms with Crippen molar-refractivity contribution in [1.82, 2.24) is 5.43 Å². The van der Waals surface area contributed by atoms with Gasteiger partial charge in [0.1, 0.15) is 0 Å². The van der Waals surface area contributed by atoms with Crippen LogP contribution in [-0.2, 0) is 0 Å². The molecule has 0 unspecified atom stereocenters. The summed E-state index contributed by atoms with van der Waals surface area (Å²) in [5.74, 6) is -0.987. The fourth-order valence-corrected chi connectivity index (χ4v) is 1.56. The molecule has 0 fully saturated rings. The van der Waals surface area contributed by atoms with Gasteiger partial charge in [0.2, 0.25) is 0 Å². The van der Waals surface area contributed by atoms with E-state index in [-0.39, 0.29) is 5.56 Å². The molecule has 2 amide bonds. The van der Waals surface area contributed by atoms with Crippen molar-refractivity contribution in [1.29, 1.82) is 0 Å². The Morgan fingerprint density at radius 3 is 2.29 bits per heavy atom. The summed E-state index contributed by atoms with van der Waals surface area (Å²) in [6.45, 7) is 0. The molecule has 106 valence electrons. The van der Waals surface area contributed by atoms with Crippen molar-refractivity contribution in [3.05, 3.63) is 65.7 Å². The van der Waals surface area contributed by atoms with Gasteiger partial charge in [-0.25, -0.2) is 15.0 Å². The average molecular weight is 283 g/mol. The van der Waals surface area contributed by atoms with Gasteiger partial charge in [-0.3, -0.25) is 0 Å². The van der Waals surface area contributed by atoms with Crippen molar-refractivity contribution in [2.24, 2.45) is 5.10 Å². The number of anilines is 1. The first-order valence-corrected chi connectivity index (χ1v) is 6.13. The number of amides is 2. The van der Waals surface area contributed by atoms with E-state index < -0.39 is 12.0 Å². The molecule has 2 aromatic carbocycles. The topological polar surface area (TPSA) is 90.8 Å². The first-order valence-electron chi connectivity index (χ1n) is 6.13. The monoisotopic (exact) mass is 283 g/mol. The summed E-state index contributed by atoms with van der Waals surface area (Å²) < 4.78 is 0. The maximum atomic E-state index is 11.5.